The number of anilines is 1. The van der Waals surface area contributed by atoms with Gasteiger partial charge < -0.3 is 5.32 Å². The quantitative estimate of drug-likeness (QED) is 0.640. The van der Waals surface area contributed by atoms with Gasteiger partial charge in [-0.25, -0.2) is 4.39 Å². The van der Waals surface area contributed by atoms with Crippen molar-refractivity contribution in [2.75, 3.05) is 5.32 Å². The van der Waals surface area contributed by atoms with Gasteiger partial charge in [0.25, 0.3) is 11.6 Å². The number of amides is 1. The Bertz CT molecular complexity index is 739. The van der Waals surface area contributed by atoms with E-state index in [0.29, 0.717) is 4.47 Å². The van der Waals surface area contributed by atoms with E-state index in [-0.39, 0.29) is 22.0 Å². The summed E-state index contributed by atoms with van der Waals surface area (Å²) in [6.45, 7) is 0. The first kappa shape index (κ1) is 15.4. The molecule has 0 spiro atoms. The van der Waals surface area contributed by atoms with Crippen molar-refractivity contribution in [3.63, 3.8) is 0 Å². The van der Waals surface area contributed by atoms with Gasteiger partial charge in [-0.3, -0.25) is 14.9 Å². The predicted molar refractivity (Wildman–Crippen MR) is 80.2 cm³/mol. The summed E-state index contributed by atoms with van der Waals surface area (Å²) >= 11 is 8.71. The van der Waals surface area contributed by atoms with Crippen LogP contribution in [0.2, 0.25) is 5.02 Å². The van der Waals surface area contributed by atoms with Crippen molar-refractivity contribution in [2.24, 2.45) is 0 Å². The minimum Gasteiger partial charge on any atom is -0.316 e. The Morgan fingerprint density at radius 2 is 2.00 bits per heavy atom. The molecule has 0 saturated carbocycles. The van der Waals surface area contributed by atoms with Gasteiger partial charge in [-0.15, -0.1) is 0 Å². The van der Waals surface area contributed by atoms with Crippen LogP contribution in [0.1, 0.15) is 10.4 Å². The molecule has 2 rings (SSSR count). The first-order chi connectivity index (χ1) is 9.88. The molecule has 0 aliphatic rings. The fourth-order valence-corrected chi connectivity index (χ4v) is 2.12. The van der Waals surface area contributed by atoms with Gasteiger partial charge in [-0.1, -0.05) is 27.5 Å². The van der Waals surface area contributed by atoms with Gasteiger partial charge in [-0.2, -0.15) is 0 Å². The molecule has 1 N–H and O–H groups in total. The number of carbonyl (C=O) groups excluding carboxylic acids is 1. The number of nitrogens with zero attached hydrogens (tertiary/aromatic N) is 1. The maximum absolute atomic E-state index is 13.0. The fourth-order valence-electron chi connectivity index (χ4n) is 1.59. The highest BCUT2D eigenvalue weighted by Gasteiger charge is 2.17. The number of carbonyl (C=O) groups is 1. The van der Waals surface area contributed by atoms with E-state index in [1.807, 2.05) is 0 Å². The van der Waals surface area contributed by atoms with Gasteiger partial charge in [0.1, 0.15) is 11.5 Å². The average Bonchev–Trinajstić information content (AvgIpc) is 2.43. The van der Waals surface area contributed by atoms with E-state index in [1.165, 1.54) is 18.2 Å². The fraction of sp³-hybridized carbons (Fsp3) is 0. The summed E-state index contributed by atoms with van der Waals surface area (Å²) in [5.41, 5.74) is -0.127. The molecule has 0 aliphatic carbocycles. The third-order valence-electron chi connectivity index (χ3n) is 2.59. The van der Waals surface area contributed by atoms with Gasteiger partial charge >= 0.3 is 0 Å². The summed E-state index contributed by atoms with van der Waals surface area (Å²) in [5.74, 6) is -1.27. The standard InChI is InChI=1S/C13H7BrClFN2O3/c14-8-2-4-11(12(6-8)18(20)21)17-13(19)7-1-3-10(16)9(15)5-7/h1-6H,(H,17,19). The molecule has 8 heteroatoms. The van der Waals surface area contributed by atoms with Gasteiger partial charge in [0, 0.05) is 16.1 Å². The van der Waals surface area contributed by atoms with Crippen molar-refractivity contribution in [3.05, 3.63) is 67.4 Å². The number of nitrogens with one attached hydrogen (secondary N) is 1. The number of hydrogen-bond acceptors (Lipinski definition) is 3. The summed E-state index contributed by atoms with van der Waals surface area (Å²) in [5, 5.41) is 13.2. The number of rotatable bonds is 3. The Kier molecular flexibility index (Phi) is 4.54. The van der Waals surface area contributed by atoms with E-state index in [1.54, 1.807) is 6.07 Å². The van der Waals surface area contributed by atoms with Crippen LogP contribution in [-0.2, 0) is 0 Å². The molecule has 21 heavy (non-hydrogen) atoms. The molecule has 0 aliphatic heterocycles. The molecule has 108 valence electrons. The minimum atomic E-state index is -0.650. The minimum absolute atomic E-state index is 0.0358. The molecular weight excluding hydrogens is 367 g/mol. The number of nitro benzene ring substituents is 1. The van der Waals surface area contributed by atoms with E-state index in [4.69, 9.17) is 11.6 Å². The molecule has 2 aromatic carbocycles. The first-order valence-corrected chi connectivity index (χ1v) is 6.76. The molecule has 0 fully saturated rings. The average molecular weight is 374 g/mol. The molecular formula is C13H7BrClFN2O3. The molecule has 0 aromatic heterocycles. The molecule has 0 unspecified atom stereocenters. The predicted octanol–water partition coefficient (Wildman–Crippen LogP) is 4.40. The molecule has 1 amide bonds. The van der Waals surface area contributed by atoms with Gasteiger partial charge in [0.2, 0.25) is 0 Å². The SMILES string of the molecule is O=C(Nc1ccc(Br)cc1[N+](=O)[O-])c1ccc(F)c(Cl)c1. The Morgan fingerprint density at radius 3 is 2.62 bits per heavy atom. The number of halogens is 3. The molecule has 5 nitrogen and oxygen atoms in total. The number of hydrogen-bond donors (Lipinski definition) is 1. The summed E-state index contributed by atoms with van der Waals surface area (Å²) in [7, 11) is 0. The third kappa shape index (κ3) is 3.56. The molecule has 0 bridgehead atoms. The Morgan fingerprint density at radius 1 is 1.29 bits per heavy atom. The highest BCUT2D eigenvalue weighted by atomic mass is 79.9. The lowest BCUT2D eigenvalue weighted by atomic mass is 10.2. The van der Waals surface area contributed by atoms with Crippen LogP contribution in [0.3, 0.4) is 0 Å². The van der Waals surface area contributed by atoms with Crippen molar-refractivity contribution >= 4 is 44.8 Å². The zero-order valence-electron chi connectivity index (χ0n) is 10.3. The maximum Gasteiger partial charge on any atom is 0.293 e. The summed E-state index contributed by atoms with van der Waals surface area (Å²) in [4.78, 5) is 22.4. The maximum atomic E-state index is 13.0. The molecule has 2 aromatic rings. The lowest BCUT2D eigenvalue weighted by Gasteiger charge is -2.07. The number of nitro groups is 1. The highest BCUT2D eigenvalue weighted by molar-refractivity contribution is 9.10. The summed E-state index contributed by atoms with van der Waals surface area (Å²) in [6.07, 6.45) is 0. The van der Waals surface area contributed by atoms with Crippen LogP contribution in [0.4, 0.5) is 15.8 Å². The molecule has 0 heterocycles. The summed E-state index contributed by atoms with van der Waals surface area (Å²) < 4.78 is 13.6. The Labute approximate surface area is 132 Å². The van der Waals surface area contributed by atoms with Crippen molar-refractivity contribution < 1.29 is 14.1 Å². The van der Waals surface area contributed by atoms with Crippen molar-refractivity contribution in [1.82, 2.24) is 0 Å². The Balaban J connectivity index is 2.31. The second-order valence-corrected chi connectivity index (χ2v) is 5.32. The zero-order chi connectivity index (χ0) is 15.6. The highest BCUT2D eigenvalue weighted by Crippen LogP contribution is 2.28. The van der Waals surface area contributed by atoms with Crippen molar-refractivity contribution in [2.45, 2.75) is 0 Å². The summed E-state index contributed by atoms with van der Waals surface area (Å²) in [6, 6.07) is 7.66. The Hall–Kier alpha value is -1.99. The van der Waals surface area contributed by atoms with E-state index in [2.05, 4.69) is 21.2 Å². The van der Waals surface area contributed by atoms with Crippen LogP contribution in [0, 0.1) is 15.9 Å². The lowest BCUT2D eigenvalue weighted by molar-refractivity contribution is -0.384. The van der Waals surface area contributed by atoms with E-state index >= 15 is 0 Å². The monoisotopic (exact) mass is 372 g/mol. The van der Waals surface area contributed by atoms with Gasteiger partial charge in [0.05, 0.1) is 9.95 Å². The van der Waals surface area contributed by atoms with Crippen molar-refractivity contribution in [3.8, 4) is 0 Å². The topological polar surface area (TPSA) is 72.2 Å². The van der Waals surface area contributed by atoms with Crippen molar-refractivity contribution in [1.29, 1.82) is 0 Å². The van der Waals surface area contributed by atoms with E-state index in [9.17, 15) is 19.3 Å². The van der Waals surface area contributed by atoms with Gasteiger partial charge in [0.15, 0.2) is 0 Å². The van der Waals surface area contributed by atoms with E-state index < -0.39 is 16.6 Å². The second kappa shape index (κ2) is 6.19. The van der Waals surface area contributed by atoms with Crippen LogP contribution in [0.25, 0.3) is 0 Å². The second-order valence-electron chi connectivity index (χ2n) is 4.00. The van der Waals surface area contributed by atoms with E-state index in [0.717, 1.165) is 12.1 Å². The van der Waals surface area contributed by atoms with Crippen LogP contribution < -0.4 is 5.32 Å². The molecule has 0 radical (unpaired) electrons. The zero-order valence-corrected chi connectivity index (χ0v) is 12.6. The van der Waals surface area contributed by atoms with Crippen LogP contribution in [-0.4, -0.2) is 10.8 Å². The van der Waals surface area contributed by atoms with Crippen LogP contribution >= 0.6 is 27.5 Å². The third-order valence-corrected chi connectivity index (χ3v) is 3.37. The molecule has 0 saturated heterocycles. The van der Waals surface area contributed by atoms with Crippen LogP contribution in [0.5, 0.6) is 0 Å². The normalized spacial score (nSPS) is 10.2. The number of benzene rings is 2. The smallest absolute Gasteiger partial charge is 0.293 e. The molecule has 0 atom stereocenters. The van der Waals surface area contributed by atoms with Crippen LogP contribution in [0.15, 0.2) is 40.9 Å². The first-order valence-electron chi connectivity index (χ1n) is 5.59. The van der Waals surface area contributed by atoms with Gasteiger partial charge in [-0.05, 0) is 30.3 Å². The lowest BCUT2D eigenvalue weighted by Crippen LogP contribution is -2.13. The largest absolute Gasteiger partial charge is 0.316 e.